The molecule has 154 valence electrons. The van der Waals surface area contributed by atoms with E-state index in [1.54, 1.807) is 42.6 Å². The number of rotatable bonds is 4. The van der Waals surface area contributed by atoms with Crippen molar-refractivity contribution in [3.05, 3.63) is 89.0 Å². The molecule has 0 aliphatic carbocycles. The highest BCUT2D eigenvalue weighted by Crippen LogP contribution is 2.37. The van der Waals surface area contributed by atoms with Crippen LogP contribution in [0.3, 0.4) is 0 Å². The number of fused-ring (bicyclic) bond motifs is 1. The van der Waals surface area contributed by atoms with Crippen LogP contribution in [0.1, 0.15) is 5.56 Å². The molecule has 5 nitrogen and oxygen atoms in total. The average Bonchev–Trinajstić information content (AvgIpc) is 3.43. The molecule has 0 bridgehead atoms. The molecule has 5 rings (SSSR count). The van der Waals surface area contributed by atoms with E-state index in [0.29, 0.717) is 5.39 Å². The van der Waals surface area contributed by atoms with Crippen LogP contribution in [0.5, 0.6) is 0 Å². The first-order chi connectivity index (χ1) is 15.0. The third kappa shape index (κ3) is 3.24. The largest absolute Gasteiger partial charge is 0.284 e. The van der Waals surface area contributed by atoms with Gasteiger partial charge in [0.15, 0.2) is 5.65 Å². The van der Waals surface area contributed by atoms with Crippen molar-refractivity contribution in [3.8, 4) is 22.4 Å². The third-order valence-electron chi connectivity index (χ3n) is 5.05. The molecule has 0 amide bonds. The van der Waals surface area contributed by atoms with E-state index in [1.165, 1.54) is 29.5 Å². The van der Waals surface area contributed by atoms with Gasteiger partial charge >= 0.3 is 0 Å². The molecule has 2 aromatic carbocycles. The van der Waals surface area contributed by atoms with Crippen molar-refractivity contribution < 1.29 is 12.8 Å². The molecule has 0 saturated carbocycles. The van der Waals surface area contributed by atoms with E-state index in [9.17, 15) is 12.8 Å². The predicted octanol–water partition coefficient (Wildman–Crippen LogP) is 5.51. The number of aryl methyl sites for hydroxylation is 1. The summed E-state index contributed by atoms with van der Waals surface area (Å²) in [5.74, 6) is -0.484. The fraction of sp³-hybridized carbons (Fsp3) is 0.0435. The van der Waals surface area contributed by atoms with Gasteiger partial charge in [-0.2, -0.15) is 24.9 Å². The number of hydrogen-bond acceptors (Lipinski definition) is 5. The van der Waals surface area contributed by atoms with Crippen molar-refractivity contribution in [2.45, 2.75) is 11.8 Å². The van der Waals surface area contributed by atoms with Crippen LogP contribution < -0.4 is 0 Å². The number of pyridine rings is 1. The number of halogens is 1. The molecule has 5 aromatic rings. The molecular weight excluding hydrogens is 433 g/mol. The standard InChI is InChI=1S/C23H16FN3O2S2/c1-15-6-8-17(9-7-15)31(28,29)27-23-21(18(10-12-25-23)16-11-13-30-14-16)22(26-27)19-4-2-3-5-20(19)24/h2-14H,1H3. The molecule has 3 aromatic heterocycles. The molecular formula is C23H16FN3O2S2. The van der Waals surface area contributed by atoms with Gasteiger partial charge in [0, 0.05) is 11.8 Å². The van der Waals surface area contributed by atoms with E-state index >= 15 is 0 Å². The van der Waals surface area contributed by atoms with Gasteiger partial charge in [0.05, 0.1) is 10.3 Å². The maximum Gasteiger partial charge on any atom is 0.284 e. The van der Waals surface area contributed by atoms with E-state index in [1.807, 2.05) is 23.8 Å². The SMILES string of the molecule is Cc1ccc(S(=O)(=O)n2nc(-c3ccccc3F)c3c(-c4ccsc4)ccnc32)cc1. The minimum absolute atomic E-state index is 0.0883. The zero-order chi connectivity index (χ0) is 21.6. The number of hydrogen-bond donors (Lipinski definition) is 0. The molecule has 0 aliphatic rings. The van der Waals surface area contributed by atoms with Crippen LogP contribution in [0.15, 0.2) is 82.5 Å². The van der Waals surface area contributed by atoms with Crippen LogP contribution in [0.2, 0.25) is 0 Å². The van der Waals surface area contributed by atoms with Crippen LogP contribution in [-0.2, 0) is 10.0 Å². The van der Waals surface area contributed by atoms with Gasteiger partial charge in [-0.3, -0.25) is 0 Å². The zero-order valence-electron chi connectivity index (χ0n) is 16.4. The van der Waals surface area contributed by atoms with Gasteiger partial charge in [-0.05, 0) is 65.2 Å². The second kappa shape index (κ2) is 7.40. The highest BCUT2D eigenvalue weighted by molar-refractivity contribution is 7.90. The molecule has 0 fully saturated rings. The summed E-state index contributed by atoms with van der Waals surface area (Å²) >= 11 is 1.52. The Morgan fingerprint density at radius 1 is 0.968 bits per heavy atom. The molecule has 0 unspecified atom stereocenters. The molecule has 0 saturated heterocycles. The van der Waals surface area contributed by atoms with E-state index in [4.69, 9.17) is 0 Å². The second-order valence-corrected chi connectivity index (χ2v) is 9.61. The monoisotopic (exact) mass is 449 g/mol. The summed E-state index contributed by atoms with van der Waals surface area (Å²) in [5, 5.41) is 8.76. The van der Waals surface area contributed by atoms with Gasteiger partial charge in [-0.15, -0.1) is 4.09 Å². The van der Waals surface area contributed by atoms with Crippen molar-refractivity contribution in [2.75, 3.05) is 0 Å². The average molecular weight is 450 g/mol. The van der Waals surface area contributed by atoms with Crippen molar-refractivity contribution in [1.82, 2.24) is 14.2 Å². The molecule has 31 heavy (non-hydrogen) atoms. The summed E-state index contributed by atoms with van der Waals surface area (Å²) in [6.45, 7) is 1.88. The molecule has 0 aliphatic heterocycles. The van der Waals surface area contributed by atoms with Gasteiger partial charge in [0.2, 0.25) is 0 Å². The maximum atomic E-state index is 14.7. The van der Waals surface area contributed by atoms with E-state index in [2.05, 4.69) is 10.1 Å². The van der Waals surface area contributed by atoms with Crippen LogP contribution in [0, 0.1) is 12.7 Å². The number of benzene rings is 2. The van der Waals surface area contributed by atoms with Crippen LogP contribution >= 0.6 is 11.3 Å². The number of nitrogens with zero attached hydrogens (tertiary/aromatic N) is 3. The van der Waals surface area contributed by atoms with E-state index in [-0.39, 0.29) is 21.8 Å². The highest BCUT2D eigenvalue weighted by Gasteiger charge is 2.27. The molecule has 8 heteroatoms. The van der Waals surface area contributed by atoms with Crippen molar-refractivity contribution >= 4 is 32.4 Å². The molecule has 0 spiro atoms. The van der Waals surface area contributed by atoms with Crippen molar-refractivity contribution in [3.63, 3.8) is 0 Å². The lowest BCUT2D eigenvalue weighted by Crippen LogP contribution is -2.15. The second-order valence-electron chi connectivity index (χ2n) is 7.06. The summed E-state index contributed by atoms with van der Waals surface area (Å²) in [6, 6.07) is 16.4. The number of aromatic nitrogens is 3. The summed E-state index contributed by atoms with van der Waals surface area (Å²) in [6.07, 6.45) is 1.54. The summed E-state index contributed by atoms with van der Waals surface area (Å²) in [4.78, 5) is 4.43. The third-order valence-corrected chi connectivity index (χ3v) is 7.31. The lowest BCUT2D eigenvalue weighted by atomic mass is 10.0. The van der Waals surface area contributed by atoms with E-state index < -0.39 is 15.8 Å². The Labute approximate surface area is 182 Å². The Kier molecular flexibility index (Phi) is 4.68. The lowest BCUT2D eigenvalue weighted by Gasteiger charge is -2.06. The van der Waals surface area contributed by atoms with Gasteiger partial charge in [-0.25, -0.2) is 9.37 Å². The first kappa shape index (κ1) is 19.6. The molecule has 0 radical (unpaired) electrons. The fourth-order valence-electron chi connectivity index (χ4n) is 3.50. The Bertz CT molecular complexity index is 1510. The quantitative estimate of drug-likeness (QED) is 0.363. The molecule has 0 atom stereocenters. The Morgan fingerprint density at radius 2 is 1.74 bits per heavy atom. The minimum atomic E-state index is -4.04. The summed E-state index contributed by atoms with van der Waals surface area (Å²) in [5.41, 5.74) is 3.18. The van der Waals surface area contributed by atoms with Gasteiger partial charge in [0.1, 0.15) is 11.5 Å². The first-order valence-electron chi connectivity index (χ1n) is 9.44. The molecule has 3 heterocycles. The Morgan fingerprint density at radius 3 is 2.45 bits per heavy atom. The van der Waals surface area contributed by atoms with Crippen LogP contribution in [0.4, 0.5) is 4.39 Å². The van der Waals surface area contributed by atoms with Gasteiger partial charge in [0.25, 0.3) is 10.0 Å². The van der Waals surface area contributed by atoms with Gasteiger partial charge < -0.3 is 0 Å². The molecule has 0 N–H and O–H groups in total. The van der Waals surface area contributed by atoms with Gasteiger partial charge in [-0.1, -0.05) is 29.8 Å². The summed E-state index contributed by atoms with van der Waals surface area (Å²) < 4.78 is 42.6. The number of thiophene rings is 1. The first-order valence-corrected chi connectivity index (χ1v) is 11.8. The van der Waals surface area contributed by atoms with Crippen molar-refractivity contribution in [1.29, 1.82) is 0 Å². The predicted molar refractivity (Wildman–Crippen MR) is 120 cm³/mol. The smallest absolute Gasteiger partial charge is 0.236 e. The lowest BCUT2D eigenvalue weighted by molar-refractivity contribution is 0.581. The Balaban J connectivity index is 1.87. The Hall–Kier alpha value is -3.36. The normalized spacial score (nSPS) is 11.8. The van der Waals surface area contributed by atoms with Crippen LogP contribution in [-0.4, -0.2) is 22.6 Å². The minimum Gasteiger partial charge on any atom is -0.236 e. The van der Waals surface area contributed by atoms with Crippen LogP contribution in [0.25, 0.3) is 33.4 Å². The van der Waals surface area contributed by atoms with E-state index in [0.717, 1.165) is 20.8 Å². The van der Waals surface area contributed by atoms with Crippen molar-refractivity contribution in [2.24, 2.45) is 0 Å². The fourth-order valence-corrected chi connectivity index (χ4v) is 5.39. The summed E-state index contributed by atoms with van der Waals surface area (Å²) in [7, 11) is -4.04. The topological polar surface area (TPSA) is 64.8 Å². The maximum absolute atomic E-state index is 14.7. The zero-order valence-corrected chi connectivity index (χ0v) is 18.0. The highest BCUT2D eigenvalue weighted by atomic mass is 32.2.